The second-order valence-corrected chi connectivity index (χ2v) is 1.71. The average molecular weight is 123 g/mol. The van der Waals surface area contributed by atoms with Gasteiger partial charge in [-0.05, 0) is 18.1 Å². The Morgan fingerprint density at radius 3 is 2.67 bits per heavy atom. The van der Waals surface area contributed by atoms with Crippen molar-refractivity contribution in [3.05, 3.63) is 24.3 Å². The summed E-state index contributed by atoms with van der Waals surface area (Å²) in [6.45, 7) is 5.75. The first-order valence-electron chi connectivity index (χ1n) is 3.09. The fraction of sp³-hybridized carbons (Fsp3) is 0.375. The highest BCUT2D eigenvalue weighted by Crippen LogP contribution is 1.98. The molecule has 0 radical (unpaired) electrons. The fourth-order valence-corrected chi connectivity index (χ4v) is 0.501. The molecule has 0 aromatic heterocycles. The van der Waals surface area contributed by atoms with Crippen molar-refractivity contribution in [2.45, 2.75) is 13.3 Å². The molecule has 9 heavy (non-hydrogen) atoms. The first kappa shape index (κ1) is 8.15. The molecule has 0 atom stereocenters. The maximum atomic E-state index is 3.82. The third-order valence-electron chi connectivity index (χ3n) is 1.11. The number of rotatable bonds is 3. The van der Waals surface area contributed by atoms with E-state index in [1.165, 1.54) is 5.57 Å². The number of nitrogens with zero attached hydrogens (tertiary/aromatic N) is 1. The van der Waals surface area contributed by atoms with Crippen molar-refractivity contribution >= 4 is 6.21 Å². The van der Waals surface area contributed by atoms with Crippen molar-refractivity contribution in [1.82, 2.24) is 0 Å². The van der Waals surface area contributed by atoms with Crippen LogP contribution < -0.4 is 0 Å². The van der Waals surface area contributed by atoms with Gasteiger partial charge in [0, 0.05) is 13.3 Å². The highest BCUT2D eigenvalue weighted by molar-refractivity contribution is 5.72. The predicted octanol–water partition coefficient (Wildman–Crippen LogP) is 2.21. The SMILES string of the molecule is C=C/C(=C\C=N/C)CC. The quantitative estimate of drug-likeness (QED) is 0.403. The molecule has 0 saturated carbocycles. The van der Waals surface area contributed by atoms with E-state index in [2.05, 4.69) is 18.5 Å². The predicted molar refractivity (Wildman–Crippen MR) is 43.0 cm³/mol. The maximum absolute atomic E-state index is 3.82. The van der Waals surface area contributed by atoms with Crippen LogP contribution >= 0.6 is 0 Å². The van der Waals surface area contributed by atoms with E-state index in [0.717, 1.165) is 6.42 Å². The molecule has 0 unspecified atom stereocenters. The maximum Gasteiger partial charge on any atom is 0.0277 e. The fourth-order valence-electron chi connectivity index (χ4n) is 0.501. The zero-order chi connectivity index (χ0) is 7.11. The molecule has 0 aromatic rings. The second kappa shape index (κ2) is 5.29. The first-order valence-corrected chi connectivity index (χ1v) is 3.09. The van der Waals surface area contributed by atoms with Crippen LogP contribution in [0.25, 0.3) is 0 Å². The highest BCUT2D eigenvalue weighted by Gasteiger charge is 1.80. The summed E-state index contributed by atoms with van der Waals surface area (Å²) in [7, 11) is 1.76. The number of hydrogen-bond donors (Lipinski definition) is 0. The van der Waals surface area contributed by atoms with Crippen LogP contribution in [0.3, 0.4) is 0 Å². The molecular weight excluding hydrogens is 110 g/mol. The third-order valence-corrected chi connectivity index (χ3v) is 1.11. The third kappa shape index (κ3) is 3.71. The van der Waals surface area contributed by atoms with Gasteiger partial charge in [0.2, 0.25) is 0 Å². The van der Waals surface area contributed by atoms with Gasteiger partial charge in [0.15, 0.2) is 0 Å². The Morgan fingerprint density at radius 1 is 1.67 bits per heavy atom. The van der Waals surface area contributed by atoms with Gasteiger partial charge in [-0.25, -0.2) is 0 Å². The zero-order valence-corrected chi connectivity index (χ0v) is 6.09. The smallest absolute Gasteiger partial charge is 0.0277 e. The van der Waals surface area contributed by atoms with E-state index < -0.39 is 0 Å². The van der Waals surface area contributed by atoms with Crippen molar-refractivity contribution < 1.29 is 0 Å². The molecule has 0 rings (SSSR count). The van der Waals surface area contributed by atoms with Crippen molar-refractivity contribution in [2.75, 3.05) is 7.05 Å². The highest BCUT2D eigenvalue weighted by atomic mass is 14.6. The number of hydrogen-bond acceptors (Lipinski definition) is 1. The molecule has 1 heteroatoms. The van der Waals surface area contributed by atoms with E-state index in [0.29, 0.717) is 0 Å². The monoisotopic (exact) mass is 123 g/mol. The van der Waals surface area contributed by atoms with E-state index in [1.807, 2.05) is 12.2 Å². The van der Waals surface area contributed by atoms with Gasteiger partial charge < -0.3 is 0 Å². The van der Waals surface area contributed by atoms with Gasteiger partial charge in [0.25, 0.3) is 0 Å². The van der Waals surface area contributed by atoms with Gasteiger partial charge in [0.1, 0.15) is 0 Å². The normalized spacial score (nSPS) is 12.4. The van der Waals surface area contributed by atoms with E-state index in [1.54, 1.807) is 13.3 Å². The first-order chi connectivity index (χ1) is 4.35. The summed E-state index contributed by atoms with van der Waals surface area (Å²) in [4.78, 5) is 3.82. The average Bonchev–Trinajstić information content (AvgIpc) is 1.91. The van der Waals surface area contributed by atoms with Crippen molar-refractivity contribution in [3.8, 4) is 0 Å². The Bertz CT molecular complexity index is 132. The minimum atomic E-state index is 1.02. The van der Waals surface area contributed by atoms with Crippen LogP contribution in [0.15, 0.2) is 29.3 Å². The minimum absolute atomic E-state index is 1.02. The zero-order valence-electron chi connectivity index (χ0n) is 6.09. The van der Waals surface area contributed by atoms with E-state index in [-0.39, 0.29) is 0 Å². The lowest BCUT2D eigenvalue weighted by atomic mass is 10.2. The van der Waals surface area contributed by atoms with Gasteiger partial charge in [0.05, 0.1) is 0 Å². The Morgan fingerprint density at radius 2 is 2.33 bits per heavy atom. The van der Waals surface area contributed by atoms with Gasteiger partial charge in [-0.15, -0.1) is 0 Å². The lowest BCUT2D eigenvalue weighted by Crippen LogP contribution is -1.73. The molecule has 0 aliphatic rings. The van der Waals surface area contributed by atoms with Crippen LogP contribution in [0, 0.1) is 0 Å². The molecule has 50 valence electrons. The Hall–Kier alpha value is -0.850. The molecule has 1 nitrogen and oxygen atoms in total. The molecule has 0 aliphatic carbocycles. The summed E-state index contributed by atoms with van der Waals surface area (Å²) in [5.41, 5.74) is 1.22. The molecule has 0 heterocycles. The molecule has 0 amide bonds. The van der Waals surface area contributed by atoms with Crippen LogP contribution in [0.2, 0.25) is 0 Å². The largest absolute Gasteiger partial charge is 0.297 e. The van der Waals surface area contributed by atoms with Crippen molar-refractivity contribution in [3.63, 3.8) is 0 Å². The Labute approximate surface area is 56.8 Å². The van der Waals surface area contributed by atoms with Crippen molar-refractivity contribution in [1.29, 1.82) is 0 Å². The lowest BCUT2D eigenvalue weighted by molar-refractivity contribution is 1.15. The molecule has 0 aromatic carbocycles. The minimum Gasteiger partial charge on any atom is -0.297 e. The van der Waals surface area contributed by atoms with Crippen LogP contribution in [-0.2, 0) is 0 Å². The Balaban J connectivity index is 3.90. The number of aliphatic imine (C=N–C) groups is 1. The van der Waals surface area contributed by atoms with E-state index in [9.17, 15) is 0 Å². The summed E-state index contributed by atoms with van der Waals surface area (Å²) in [6.07, 6.45) is 6.62. The standard InChI is InChI=1S/C8H13N/c1-4-8(5-2)6-7-9-3/h4,6-7H,1,5H2,2-3H3/b8-6+,9-7-. The summed E-state index contributed by atoms with van der Waals surface area (Å²) >= 11 is 0. The summed E-state index contributed by atoms with van der Waals surface area (Å²) in [5, 5.41) is 0. The van der Waals surface area contributed by atoms with Crippen LogP contribution in [0.1, 0.15) is 13.3 Å². The molecule has 0 aliphatic heterocycles. The Kier molecular flexibility index (Phi) is 4.79. The lowest BCUT2D eigenvalue weighted by Gasteiger charge is -1.89. The molecule has 0 fully saturated rings. The van der Waals surface area contributed by atoms with E-state index in [4.69, 9.17) is 0 Å². The second-order valence-electron chi connectivity index (χ2n) is 1.71. The topological polar surface area (TPSA) is 12.4 Å². The molecule has 0 saturated heterocycles. The van der Waals surface area contributed by atoms with Crippen LogP contribution in [-0.4, -0.2) is 13.3 Å². The summed E-state index contributed by atoms with van der Waals surface area (Å²) in [6, 6.07) is 0. The molecule has 0 bridgehead atoms. The summed E-state index contributed by atoms with van der Waals surface area (Å²) < 4.78 is 0. The van der Waals surface area contributed by atoms with Gasteiger partial charge >= 0.3 is 0 Å². The van der Waals surface area contributed by atoms with Crippen LogP contribution in [0.5, 0.6) is 0 Å². The summed E-state index contributed by atoms with van der Waals surface area (Å²) in [5.74, 6) is 0. The van der Waals surface area contributed by atoms with E-state index >= 15 is 0 Å². The number of allylic oxidation sites excluding steroid dienone is 3. The van der Waals surface area contributed by atoms with Crippen LogP contribution in [0.4, 0.5) is 0 Å². The molecular formula is C8H13N. The molecule has 0 spiro atoms. The van der Waals surface area contributed by atoms with Crippen molar-refractivity contribution in [2.24, 2.45) is 4.99 Å². The van der Waals surface area contributed by atoms with Gasteiger partial charge in [-0.1, -0.05) is 19.6 Å². The molecule has 0 N–H and O–H groups in total. The van der Waals surface area contributed by atoms with Gasteiger partial charge in [-0.3, -0.25) is 4.99 Å². The van der Waals surface area contributed by atoms with Gasteiger partial charge in [-0.2, -0.15) is 0 Å².